The maximum Gasteiger partial charge on any atom is 0.141 e. The average Bonchev–Trinajstić information content (AvgIpc) is 2.49. The summed E-state index contributed by atoms with van der Waals surface area (Å²) in [6, 6.07) is 18.8. The van der Waals surface area contributed by atoms with Gasteiger partial charge in [-0.25, -0.2) is 0 Å². The van der Waals surface area contributed by atoms with Gasteiger partial charge in [0.05, 0.1) is 6.07 Å². The lowest BCUT2D eigenvalue weighted by Crippen LogP contribution is -1.98. The first-order chi connectivity index (χ1) is 9.33. The average molecular weight is 251 g/mol. The van der Waals surface area contributed by atoms with Gasteiger partial charge in [0.2, 0.25) is 0 Å². The first kappa shape index (κ1) is 12.8. The van der Waals surface area contributed by atoms with Crippen LogP contribution in [0.1, 0.15) is 17.0 Å². The highest BCUT2D eigenvalue weighted by Gasteiger charge is 2.08. The molecule has 1 atom stereocenters. The molecule has 0 aromatic heterocycles. The second-order valence-corrected chi connectivity index (χ2v) is 4.09. The fourth-order valence-electron chi connectivity index (χ4n) is 1.70. The lowest BCUT2D eigenvalue weighted by Gasteiger charge is -2.07. The number of aldehydes is 1. The summed E-state index contributed by atoms with van der Waals surface area (Å²) < 4.78 is 5.62. The van der Waals surface area contributed by atoms with Crippen molar-refractivity contribution in [3.8, 4) is 11.8 Å². The van der Waals surface area contributed by atoms with Gasteiger partial charge in [-0.1, -0.05) is 42.5 Å². The van der Waals surface area contributed by atoms with Crippen LogP contribution in [0.2, 0.25) is 0 Å². The second-order valence-electron chi connectivity index (χ2n) is 4.09. The van der Waals surface area contributed by atoms with Gasteiger partial charge in [0.15, 0.2) is 0 Å². The van der Waals surface area contributed by atoms with Gasteiger partial charge in [-0.2, -0.15) is 5.26 Å². The molecule has 0 aliphatic carbocycles. The van der Waals surface area contributed by atoms with E-state index in [1.165, 1.54) is 0 Å². The van der Waals surface area contributed by atoms with Crippen molar-refractivity contribution < 1.29 is 9.53 Å². The molecule has 3 nitrogen and oxygen atoms in total. The maximum atomic E-state index is 10.7. The Morgan fingerprint density at radius 2 is 1.79 bits per heavy atom. The molecule has 0 fully saturated rings. The van der Waals surface area contributed by atoms with E-state index < -0.39 is 5.92 Å². The third-order valence-corrected chi connectivity index (χ3v) is 2.76. The number of hydrogen-bond donors (Lipinski definition) is 0. The van der Waals surface area contributed by atoms with Gasteiger partial charge in [0.25, 0.3) is 0 Å². The van der Waals surface area contributed by atoms with Crippen molar-refractivity contribution in [2.45, 2.75) is 12.5 Å². The van der Waals surface area contributed by atoms with E-state index in [2.05, 4.69) is 0 Å². The van der Waals surface area contributed by atoms with E-state index in [0.717, 1.165) is 11.3 Å². The number of ether oxygens (including phenoxy) is 1. The molecule has 2 rings (SSSR count). The minimum absolute atomic E-state index is 0.496. The van der Waals surface area contributed by atoms with E-state index in [1.807, 2.05) is 36.4 Å². The van der Waals surface area contributed by atoms with Crippen LogP contribution in [0, 0.1) is 11.3 Å². The SMILES string of the molecule is N#CC(C=O)c1ccc(OCc2ccccc2)cc1. The highest BCUT2D eigenvalue weighted by Crippen LogP contribution is 2.18. The summed E-state index contributed by atoms with van der Waals surface area (Å²) in [5.41, 5.74) is 1.78. The van der Waals surface area contributed by atoms with E-state index in [0.29, 0.717) is 18.5 Å². The topological polar surface area (TPSA) is 50.1 Å². The molecular formula is C16H13NO2. The van der Waals surface area contributed by atoms with Crippen molar-refractivity contribution >= 4 is 6.29 Å². The van der Waals surface area contributed by atoms with Crippen LogP contribution in [0.3, 0.4) is 0 Å². The number of carbonyl (C=O) groups is 1. The fourth-order valence-corrected chi connectivity index (χ4v) is 1.70. The monoisotopic (exact) mass is 251 g/mol. The standard InChI is InChI=1S/C16H13NO2/c17-10-15(11-18)14-6-8-16(9-7-14)19-12-13-4-2-1-3-5-13/h1-9,11,15H,12H2. The van der Waals surface area contributed by atoms with Crippen LogP contribution in [0.15, 0.2) is 54.6 Å². The van der Waals surface area contributed by atoms with Crippen LogP contribution in [0.4, 0.5) is 0 Å². The second kappa shape index (κ2) is 6.36. The highest BCUT2D eigenvalue weighted by atomic mass is 16.5. The van der Waals surface area contributed by atoms with Gasteiger partial charge >= 0.3 is 0 Å². The van der Waals surface area contributed by atoms with Crippen molar-refractivity contribution in [1.82, 2.24) is 0 Å². The largest absolute Gasteiger partial charge is 0.489 e. The van der Waals surface area contributed by atoms with Crippen LogP contribution in [0.5, 0.6) is 5.75 Å². The number of nitriles is 1. The highest BCUT2D eigenvalue weighted by molar-refractivity contribution is 5.66. The fraction of sp³-hybridized carbons (Fsp3) is 0.125. The molecule has 0 heterocycles. The van der Waals surface area contributed by atoms with Crippen molar-refractivity contribution in [3.05, 3.63) is 65.7 Å². The lowest BCUT2D eigenvalue weighted by molar-refractivity contribution is -0.108. The van der Waals surface area contributed by atoms with Crippen LogP contribution in [-0.2, 0) is 11.4 Å². The molecule has 2 aromatic rings. The molecule has 0 spiro atoms. The predicted molar refractivity (Wildman–Crippen MR) is 71.6 cm³/mol. The van der Waals surface area contributed by atoms with Gasteiger partial charge < -0.3 is 9.53 Å². The lowest BCUT2D eigenvalue weighted by atomic mass is 10.0. The Labute approximate surface area is 112 Å². The van der Waals surface area contributed by atoms with Crippen LogP contribution >= 0.6 is 0 Å². The summed E-state index contributed by atoms with van der Waals surface area (Å²) in [5, 5.41) is 8.79. The van der Waals surface area contributed by atoms with Gasteiger partial charge in [0, 0.05) is 0 Å². The summed E-state index contributed by atoms with van der Waals surface area (Å²) in [5.74, 6) is 0.0124. The molecule has 0 N–H and O–H groups in total. The summed E-state index contributed by atoms with van der Waals surface area (Å²) in [7, 11) is 0. The Balaban J connectivity index is 2.00. The Hall–Kier alpha value is -2.60. The number of hydrogen-bond acceptors (Lipinski definition) is 3. The summed E-state index contributed by atoms with van der Waals surface area (Å²) in [6.45, 7) is 0.496. The van der Waals surface area contributed by atoms with Crippen molar-refractivity contribution in [2.24, 2.45) is 0 Å². The van der Waals surface area contributed by atoms with E-state index in [9.17, 15) is 4.79 Å². The zero-order valence-corrected chi connectivity index (χ0v) is 10.3. The summed E-state index contributed by atoms with van der Waals surface area (Å²) in [4.78, 5) is 10.7. The number of carbonyl (C=O) groups excluding carboxylic acids is 1. The van der Waals surface area contributed by atoms with Crippen molar-refractivity contribution in [1.29, 1.82) is 5.26 Å². The summed E-state index contributed by atoms with van der Waals surface area (Å²) in [6.07, 6.45) is 0.639. The Morgan fingerprint density at radius 3 is 2.37 bits per heavy atom. The zero-order chi connectivity index (χ0) is 13.5. The molecule has 0 saturated carbocycles. The van der Waals surface area contributed by atoms with Gasteiger partial charge in [-0.05, 0) is 23.3 Å². The molecule has 0 aliphatic rings. The molecule has 0 aliphatic heterocycles. The minimum Gasteiger partial charge on any atom is -0.489 e. The molecule has 0 bridgehead atoms. The normalized spacial score (nSPS) is 11.3. The summed E-state index contributed by atoms with van der Waals surface area (Å²) >= 11 is 0. The molecule has 1 unspecified atom stereocenters. The minimum atomic E-state index is -0.705. The molecule has 0 saturated heterocycles. The number of nitrogens with zero attached hydrogens (tertiary/aromatic N) is 1. The maximum absolute atomic E-state index is 10.7. The van der Waals surface area contributed by atoms with Crippen LogP contribution in [-0.4, -0.2) is 6.29 Å². The smallest absolute Gasteiger partial charge is 0.141 e. The van der Waals surface area contributed by atoms with E-state index >= 15 is 0 Å². The van der Waals surface area contributed by atoms with E-state index in [4.69, 9.17) is 10.00 Å². The molecule has 3 heteroatoms. The van der Waals surface area contributed by atoms with Gasteiger partial charge in [0.1, 0.15) is 24.6 Å². The number of rotatable bonds is 5. The van der Waals surface area contributed by atoms with Gasteiger partial charge in [-0.15, -0.1) is 0 Å². The molecule has 19 heavy (non-hydrogen) atoms. The third kappa shape index (κ3) is 3.43. The van der Waals surface area contributed by atoms with Crippen molar-refractivity contribution in [2.75, 3.05) is 0 Å². The van der Waals surface area contributed by atoms with E-state index in [-0.39, 0.29) is 0 Å². The van der Waals surface area contributed by atoms with Crippen molar-refractivity contribution in [3.63, 3.8) is 0 Å². The first-order valence-corrected chi connectivity index (χ1v) is 5.95. The molecule has 94 valence electrons. The third-order valence-electron chi connectivity index (χ3n) is 2.76. The molecule has 0 radical (unpaired) electrons. The molecule has 0 amide bonds. The zero-order valence-electron chi connectivity index (χ0n) is 10.3. The number of benzene rings is 2. The van der Waals surface area contributed by atoms with Gasteiger partial charge in [-0.3, -0.25) is 0 Å². The predicted octanol–water partition coefficient (Wildman–Crippen LogP) is 3.07. The van der Waals surface area contributed by atoms with Crippen LogP contribution < -0.4 is 4.74 Å². The molecular weight excluding hydrogens is 238 g/mol. The Kier molecular flexibility index (Phi) is 4.30. The quantitative estimate of drug-likeness (QED) is 0.767. The Morgan fingerprint density at radius 1 is 1.11 bits per heavy atom. The first-order valence-electron chi connectivity index (χ1n) is 5.95. The van der Waals surface area contributed by atoms with Crippen LogP contribution in [0.25, 0.3) is 0 Å². The molecule has 2 aromatic carbocycles. The Bertz CT molecular complexity index is 570. The van der Waals surface area contributed by atoms with E-state index in [1.54, 1.807) is 24.3 Å².